The van der Waals surface area contributed by atoms with Crippen LogP contribution in [0.5, 0.6) is 5.75 Å². The summed E-state index contributed by atoms with van der Waals surface area (Å²) in [6.45, 7) is 6.26. The van der Waals surface area contributed by atoms with Gasteiger partial charge in [0.2, 0.25) is 10.0 Å². The largest absolute Gasteiger partial charge is 0.497 e. The first-order chi connectivity index (χ1) is 14.8. The molecule has 6 nitrogen and oxygen atoms in total. The molecule has 0 radical (unpaired) electrons. The van der Waals surface area contributed by atoms with Gasteiger partial charge in [0.15, 0.2) is 0 Å². The number of nitrogens with zero attached hydrogens (tertiary/aromatic N) is 3. The van der Waals surface area contributed by atoms with Crippen molar-refractivity contribution in [3.8, 4) is 5.75 Å². The molecule has 0 bridgehead atoms. The lowest BCUT2D eigenvalue weighted by Gasteiger charge is -2.36. The zero-order valence-corrected chi connectivity index (χ0v) is 19.8. The number of anilines is 1. The summed E-state index contributed by atoms with van der Waals surface area (Å²) in [4.78, 5) is 6.79. The highest BCUT2D eigenvalue weighted by molar-refractivity contribution is 7.89. The number of rotatable bonds is 8. The van der Waals surface area contributed by atoms with Gasteiger partial charge in [0.05, 0.1) is 18.9 Å². The lowest BCUT2D eigenvalue weighted by molar-refractivity contribution is 0.379. The van der Waals surface area contributed by atoms with E-state index in [9.17, 15) is 8.42 Å². The van der Waals surface area contributed by atoms with E-state index in [0.29, 0.717) is 31.2 Å². The van der Waals surface area contributed by atoms with E-state index in [1.165, 1.54) is 0 Å². The second-order valence-electron chi connectivity index (χ2n) is 8.00. The molecule has 1 heterocycles. The molecular formula is C23H30ClN3O3S. The Hall–Kier alpha value is -2.09. The predicted octanol–water partition coefficient (Wildman–Crippen LogP) is 3.94. The fraction of sp³-hybridized carbons (Fsp3) is 0.435. The summed E-state index contributed by atoms with van der Waals surface area (Å²) in [6.07, 6.45) is 1.75. The van der Waals surface area contributed by atoms with E-state index in [0.717, 1.165) is 17.0 Å². The number of hydrogen-bond acceptors (Lipinski definition) is 5. The maximum Gasteiger partial charge on any atom is 0.216 e. The fourth-order valence-corrected chi connectivity index (χ4v) is 5.44. The summed E-state index contributed by atoms with van der Waals surface area (Å²) in [5.41, 5.74) is 1.98. The second kappa shape index (κ2) is 10.5. The highest BCUT2D eigenvalue weighted by atomic mass is 35.5. The predicted molar refractivity (Wildman–Crippen MR) is 128 cm³/mol. The first kappa shape index (κ1) is 23.6. The Labute approximate surface area is 190 Å². The molecule has 0 unspecified atom stereocenters. The van der Waals surface area contributed by atoms with E-state index in [2.05, 4.69) is 9.89 Å². The van der Waals surface area contributed by atoms with Gasteiger partial charge in [-0.2, -0.15) is 4.31 Å². The van der Waals surface area contributed by atoms with Gasteiger partial charge in [-0.1, -0.05) is 25.4 Å². The Morgan fingerprint density at radius 1 is 1.03 bits per heavy atom. The van der Waals surface area contributed by atoms with Gasteiger partial charge in [0.25, 0.3) is 0 Å². The third-order valence-corrected chi connectivity index (χ3v) is 7.67. The number of sulfonamides is 1. The number of benzene rings is 2. The smallest absolute Gasteiger partial charge is 0.216 e. The van der Waals surface area contributed by atoms with Gasteiger partial charge in [0.1, 0.15) is 5.75 Å². The van der Waals surface area contributed by atoms with Crippen molar-refractivity contribution in [2.75, 3.05) is 43.9 Å². The van der Waals surface area contributed by atoms with Crippen molar-refractivity contribution in [3.05, 3.63) is 59.1 Å². The zero-order valence-electron chi connectivity index (χ0n) is 18.2. The maximum atomic E-state index is 13.1. The number of halogens is 1. The van der Waals surface area contributed by atoms with Crippen LogP contribution in [-0.4, -0.2) is 64.0 Å². The minimum Gasteiger partial charge on any atom is -0.497 e. The molecule has 0 saturated carbocycles. The normalized spacial score (nSPS) is 16.7. The van der Waals surface area contributed by atoms with Crippen LogP contribution in [0.4, 0.5) is 5.69 Å². The number of ether oxygens (including phenoxy) is 1. The average Bonchev–Trinajstić information content (AvgIpc) is 2.77. The van der Waals surface area contributed by atoms with Crippen molar-refractivity contribution in [2.24, 2.45) is 10.9 Å². The summed E-state index contributed by atoms with van der Waals surface area (Å²) in [6, 6.07) is 14.9. The summed E-state index contributed by atoms with van der Waals surface area (Å²) < 4.78 is 32.9. The zero-order chi connectivity index (χ0) is 22.4. The minimum atomic E-state index is -3.40. The van der Waals surface area contributed by atoms with E-state index in [1.54, 1.807) is 17.6 Å². The van der Waals surface area contributed by atoms with Gasteiger partial charge in [-0.15, -0.1) is 0 Å². The molecule has 0 aliphatic carbocycles. The molecule has 0 amide bonds. The van der Waals surface area contributed by atoms with Crippen LogP contribution in [0.25, 0.3) is 0 Å². The highest BCUT2D eigenvalue weighted by Crippen LogP contribution is 2.21. The van der Waals surface area contributed by atoms with Crippen molar-refractivity contribution in [1.82, 2.24) is 4.31 Å². The number of piperazine rings is 1. The molecule has 1 saturated heterocycles. The van der Waals surface area contributed by atoms with Crippen molar-refractivity contribution < 1.29 is 13.2 Å². The van der Waals surface area contributed by atoms with Gasteiger partial charge in [0, 0.05) is 43.1 Å². The average molecular weight is 464 g/mol. The molecule has 1 aliphatic rings. The van der Waals surface area contributed by atoms with Gasteiger partial charge >= 0.3 is 0 Å². The van der Waals surface area contributed by atoms with Crippen molar-refractivity contribution in [3.63, 3.8) is 0 Å². The number of hydrogen-bond donors (Lipinski definition) is 0. The third-order valence-electron chi connectivity index (χ3n) is 5.51. The standard InChI is InChI=1S/C23H30ClN3O3S/c1-18(2)23(25-16-19-4-10-22(30-3)11-5-19)17-31(28,29)27-14-12-26(13-15-27)21-8-6-20(24)7-9-21/h4-11,16,18,23H,12-15,17H2,1-3H3/b25-16+/t23-/m1/s1. The molecule has 1 atom stereocenters. The molecule has 0 spiro atoms. The van der Waals surface area contributed by atoms with Crippen LogP contribution in [0.1, 0.15) is 19.4 Å². The summed E-state index contributed by atoms with van der Waals surface area (Å²) in [5.74, 6) is 0.899. The quantitative estimate of drug-likeness (QED) is 0.556. The Balaban J connectivity index is 1.61. The van der Waals surface area contributed by atoms with E-state index in [4.69, 9.17) is 16.3 Å². The summed E-state index contributed by atoms with van der Waals surface area (Å²) in [7, 11) is -1.78. The van der Waals surface area contributed by atoms with E-state index in [1.807, 2.05) is 62.4 Å². The Bertz CT molecular complexity index is 968. The van der Waals surface area contributed by atoms with Gasteiger partial charge in [-0.3, -0.25) is 4.99 Å². The Kier molecular flexibility index (Phi) is 7.97. The van der Waals surface area contributed by atoms with Crippen molar-refractivity contribution >= 4 is 33.5 Å². The molecule has 8 heteroatoms. The van der Waals surface area contributed by atoms with Gasteiger partial charge < -0.3 is 9.64 Å². The Morgan fingerprint density at radius 3 is 2.19 bits per heavy atom. The van der Waals surface area contributed by atoms with Gasteiger partial charge in [-0.05, 0) is 60.0 Å². The lowest BCUT2D eigenvalue weighted by atomic mass is 10.1. The Morgan fingerprint density at radius 2 is 1.65 bits per heavy atom. The monoisotopic (exact) mass is 463 g/mol. The number of methoxy groups -OCH3 is 1. The van der Waals surface area contributed by atoms with Crippen LogP contribution in [-0.2, 0) is 10.0 Å². The minimum absolute atomic E-state index is 0.0122. The molecule has 2 aromatic rings. The molecule has 3 rings (SSSR count). The van der Waals surface area contributed by atoms with Crippen LogP contribution in [0.3, 0.4) is 0 Å². The summed E-state index contributed by atoms with van der Waals surface area (Å²) >= 11 is 5.96. The van der Waals surface area contributed by atoms with Crippen LogP contribution in [0, 0.1) is 5.92 Å². The van der Waals surface area contributed by atoms with Crippen LogP contribution in [0.2, 0.25) is 5.02 Å². The molecular weight excluding hydrogens is 434 g/mol. The molecule has 2 aromatic carbocycles. The van der Waals surface area contributed by atoms with E-state index < -0.39 is 10.0 Å². The van der Waals surface area contributed by atoms with Crippen LogP contribution >= 0.6 is 11.6 Å². The lowest BCUT2D eigenvalue weighted by Crippen LogP contribution is -2.50. The molecule has 0 N–H and O–H groups in total. The molecule has 1 fully saturated rings. The van der Waals surface area contributed by atoms with Crippen LogP contribution in [0.15, 0.2) is 53.5 Å². The first-order valence-electron chi connectivity index (χ1n) is 10.4. The van der Waals surface area contributed by atoms with E-state index >= 15 is 0 Å². The molecule has 1 aliphatic heterocycles. The van der Waals surface area contributed by atoms with Crippen LogP contribution < -0.4 is 9.64 Å². The molecule has 31 heavy (non-hydrogen) atoms. The number of aliphatic imine (C=N–C) groups is 1. The third kappa shape index (κ3) is 6.45. The second-order valence-corrected chi connectivity index (χ2v) is 10.5. The summed E-state index contributed by atoms with van der Waals surface area (Å²) in [5, 5.41) is 0.694. The maximum absolute atomic E-state index is 13.1. The topological polar surface area (TPSA) is 62.2 Å². The van der Waals surface area contributed by atoms with E-state index in [-0.39, 0.29) is 17.7 Å². The molecule has 0 aromatic heterocycles. The van der Waals surface area contributed by atoms with Gasteiger partial charge in [-0.25, -0.2) is 8.42 Å². The SMILES string of the molecule is COc1ccc(/C=N/[C@H](CS(=O)(=O)N2CCN(c3ccc(Cl)cc3)CC2)C(C)C)cc1. The molecule has 168 valence electrons. The van der Waals surface area contributed by atoms with Crippen molar-refractivity contribution in [1.29, 1.82) is 0 Å². The highest BCUT2D eigenvalue weighted by Gasteiger charge is 2.30. The first-order valence-corrected chi connectivity index (χ1v) is 12.4. The van der Waals surface area contributed by atoms with Crippen molar-refractivity contribution in [2.45, 2.75) is 19.9 Å². The fourth-order valence-electron chi connectivity index (χ4n) is 3.48.